The monoisotopic (exact) mass is 374 g/mol. The van der Waals surface area contributed by atoms with Crippen molar-refractivity contribution in [3.63, 3.8) is 0 Å². The smallest absolute Gasteiger partial charge is 0.335 e. The fraction of sp³-hybridized carbons (Fsp3) is 0.300. The molecule has 0 heterocycles. The number of aromatic carboxylic acids is 1. The Hall–Kier alpha value is -2.37. The number of nitrogens with zero attached hydrogens (tertiary/aromatic N) is 1. The van der Waals surface area contributed by atoms with Gasteiger partial charge >= 0.3 is 5.97 Å². The second-order valence-corrected chi connectivity index (χ2v) is 6.74. The fourth-order valence-corrected chi connectivity index (χ4v) is 2.71. The molecule has 138 valence electrons. The van der Waals surface area contributed by atoms with E-state index in [0.717, 1.165) is 11.1 Å². The molecular formula is C20H23ClN2O3. The second kappa shape index (κ2) is 9.36. The van der Waals surface area contributed by atoms with E-state index in [9.17, 15) is 9.59 Å². The molecule has 6 heteroatoms. The molecule has 0 spiro atoms. The van der Waals surface area contributed by atoms with Gasteiger partial charge in [0.15, 0.2) is 0 Å². The maximum absolute atomic E-state index is 12.4. The Kier molecular flexibility index (Phi) is 7.18. The first-order valence-electron chi connectivity index (χ1n) is 8.40. The Morgan fingerprint density at radius 1 is 1.15 bits per heavy atom. The quantitative estimate of drug-likeness (QED) is 0.741. The average Bonchev–Trinajstić information content (AvgIpc) is 2.62. The van der Waals surface area contributed by atoms with Crippen molar-refractivity contribution in [3.8, 4) is 0 Å². The first-order chi connectivity index (χ1) is 12.4. The molecule has 0 saturated carbocycles. The Morgan fingerprint density at radius 3 is 2.42 bits per heavy atom. The van der Waals surface area contributed by atoms with Gasteiger partial charge in [0.05, 0.1) is 5.56 Å². The lowest BCUT2D eigenvalue weighted by Crippen LogP contribution is -2.34. The molecule has 0 aliphatic rings. The van der Waals surface area contributed by atoms with Crippen LogP contribution in [0.25, 0.3) is 0 Å². The number of nitrogens with one attached hydrogen (secondary N) is 1. The molecule has 0 bridgehead atoms. The van der Waals surface area contributed by atoms with E-state index in [1.54, 1.807) is 36.2 Å². The van der Waals surface area contributed by atoms with Crippen molar-refractivity contribution in [3.05, 3.63) is 70.2 Å². The molecule has 0 aromatic heterocycles. The molecule has 0 radical (unpaired) electrons. The summed E-state index contributed by atoms with van der Waals surface area (Å²) in [6.45, 7) is 3.00. The van der Waals surface area contributed by atoms with Crippen molar-refractivity contribution in [2.45, 2.75) is 32.5 Å². The lowest BCUT2D eigenvalue weighted by molar-refractivity contribution is -0.130. The highest BCUT2D eigenvalue weighted by Crippen LogP contribution is 2.17. The van der Waals surface area contributed by atoms with Crippen LogP contribution < -0.4 is 5.32 Å². The summed E-state index contributed by atoms with van der Waals surface area (Å²) in [5.41, 5.74) is 2.15. The molecular weight excluding hydrogens is 352 g/mol. The molecule has 2 aromatic rings. The third-order valence-corrected chi connectivity index (χ3v) is 4.50. The molecule has 0 fully saturated rings. The predicted molar refractivity (Wildman–Crippen MR) is 102 cm³/mol. The molecule has 1 atom stereocenters. The maximum atomic E-state index is 12.4. The average molecular weight is 375 g/mol. The van der Waals surface area contributed by atoms with Crippen LogP contribution in [0.2, 0.25) is 5.02 Å². The van der Waals surface area contributed by atoms with Crippen molar-refractivity contribution >= 4 is 23.5 Å². The van der Waals surface area contributed by atoms with E-state index in [0.29, 0.717) is 24.5 Å². The minimum Gasteiger partial charge on any atom is -0.478 e. The zero-order chi connectivity index (χ0) is 19.1. The van der Waals surface area contributed by atoms with Crippen LogP contribution in [-0.2, 0) is 17.9 Å². The summed E-state index contributed by atoms with van der Waals surface area (Å²) in [6.07, 6.45) is 0.369. The van der Waals surface area contributed by atoms with Gasteiger partial charge < -0.3 is 15.3 Å². The van der Waals surface area contributed by atoms with E-state index in [-0.39, 0.29) is 17.5 Å². The van der Waals surface area contributed by atoms with Crippen molar-refractivity contribution < 1.29 is 14.7 Å². The lowest BCUT2D eigenvalue weighted by Gasteiger charge is -2.21. The number of carboxylic acid groups (broad SMARTS) is 1. The van der Waals surface area contributed by atoms with Gasteiger partial charge in [-0.2, -0.15) is 0 Å². The minimum absolute atomic E-state index is 0.00431. The van der Waals surface area contributed by atoms with Gasteiger partial charge in [0.1, 0.15) is 0 Å². The van der Waals surface area contributed by atoms with Gasteiger partial charge in [-0.3, -0.25) is 4.79 Å². The van der Waals surface area contributed by atoms with Gasteiger partial charge in [-0.1, -0.05) is 41.9 Å². The molecule has 2 rings (SSSR count). The second-order valence-electron chi connectivity index (χ2n) is 6.33. The number of rotatable bonds is 8. The number of benzene rings is 2. The topological polar surface area (TPSA) is 69.6 Å². The summed E-state index contributed by atoms with van der Waals surface area (Å²) in [6, 6.07) is 14.2. The van der Waals surface area contributed by atoms with Crippen LogP contribution in [-0.4, -0.2) is 35.0 Å². The molecule has 2 N–H and O–H groups in total. The number of carbonyl (C=O) groups is 2. The van der Waals surface area contributed by atoms with Crippen LogP contribution >= 0.6 is 11.6 Å². The molecule has 26 heavy (non-hydrogen) atoms. The molecule has 1 unspecified atom stereocenters. The van der Waals surface area contributed by atoms with Crippen LogP contribution in [0, 0.1) is 0 Å². The molecule has 1 amide bonds. The predicted octanol–water partition coefficient (Wildman–Crippen LogP) is 3.57. The van der Waals surface area contributed by atoms with Gasteiger partial charge in [0.2, 0.25) is 5.91 Å². The third kappa shape index (κ3) is 5.86. The molecule has 5 nitrogen and oxygen atoms in total. The van der Waals surface area contributed by atoms with Crippen molar-refractivity contribution in [2.75, 3.05) is 7.05 Å². The number of halogens is 1. The van der Waals surface area contributed by atoms with E-state index >= 15 is 0 Å². The van der Waals surface area contributed by atoms with E-state index in [1.807, 2.05) is 31.2 Å². The molecule has 2 aromatic carbocycles. The minimum atomic E-state index is -0.940. The summed E-state index contributed by atoms with van der Waals surface area (Å²) in [5.74, 6) is -0.906. The van der Waals surface area contributed by atoms with E-state index < -0.39 is 5.97 Å². The van der Waals surface area contributed by atoms with E-state index in [1.165, 1.54) is 0 Å². The Morgan fingerprint density at radius 2 is 1.81 bits per heavy atom. The summed E-state index contributed by atoms with van der Waals surface area (Å²) < 4.78 is 0. The Bertz CT molecular complexity index is 762. The van der Waals surface area contributed by atoms with E-state index in [2.05, 4.69) is 5.32 Å². The van der Waals surface area contributed by atoms with Crippen LogP contribution in [0.1, 0.15) is 34.8 Å². The zero-order valence-corrected chi connectivity index (χ0v) is 15.7. The van der Waals surface area contributed by atoms with E-state index in [4.69, 9.17) is 16.7 Å². The van der Waals surface area contributed by atoms with Crippen LogP contribution in [0.5, 0.6) is 0 Å². The number of hydrogen-bond donors (Lipinski definition) is 2. The highest BCUT2D eigenvalue weighted by Gasteiger charge is 2.14. The highest BCUT2D eigenvalue weighted by molar-refractivity contribution is 6.31. The summed E-state index contributed by atoms with van der Waals surface area (Å²) in [4.78, 5) is 24.9. The van der Waals surface area contributed by atoms with Crippen molar-refractivity contribution in [1.29, 1.82) is 0 Å². The highest BCUT2D eigenvalue weighted by atomic mass is 35.5. The summed E-state index contributed by atoms with van der Waals surface area (Å²) >= 11 is 6.14. The van der Waals surface area contributed by atoms with Crippen LogP contribution in [0.3, 0.4) is 0 Å². The Balaban J connectivity index is 1.81. The molecule has 0 aliphatic carbocycles. The largest absolute Gasteiger partial charge is 0.478 e. The first-order valence-corrected chi connectivity index (χ1v) is 8.77. The zero-order valence-electron chi connectivity index (χ0n) is 14.9. The van der Waals surface area contributed by atoms with Crippen molar-refractivity contribution in [2.24, 2.45) is 0 Å². The Labute approximate surface area is 158 Å². The van der Waals surface area contributed by atoms with Gasteiger partial charge in [-0.05, 0) is 36.2 Å². The maximum Gasteiger partial charge on any atom is 0.335 e. The molecule has 0 saturated heterocycles. The van der Waals surface area contributed by atoms with Gasteiger partial charge in [0, 0.05) is 37.6 Å². The number of amides is 1. The standard InChI is InChI=1S/C20H23ClN2O3/c1-14(22-12-15-7-9-16(10-8-15)20(25)26)11-19(24)23(2)13-17-5-3-4-6-18(17)21/h3-10,14,22H,11-13H2,1-2H3,(H,25,26). The normalized spacial score (nSPS) is 11.8. The molecule has 0 aliphatic heterocycles. The lowest BCUT2D eigenvalue weighted by atomic mass is 10.1. The van der Waals surface area contributed by atoms with Crippen molar-refractivity contribution in [1.82, 2.24) is 10.2 Å². The number of carbonyl (C=O) groups excluding carboxylic acids is 1. The van der Waals surface area contributed by atoms with Crippen LogP contribution in [0.4, 0.5) is 0 Å². The van der Waals surface area contributed by atoms with Gasteiger partial charge in [-0.25, -0.2) is 4.79 Å². The SMILES string of the molecule is CC(CC(=O)N(C)Cc1ccccc1Cl)NCc1ccc(C(=O)O)cc1. The number of carboxylic acids is 1. The van der Waals surface area contributed by atoms with Gasteiger partial charge in [-0.15, -0.1) is 0 Å². The van der Waals surface area contributed by atoms with Gasteiger partial charge in [0.25, 0.3) is 0 Å². The fourth-order valence-electron chi connectivity index (χ4n) is 2.52. The number of hydrogen-bond acceptors (Lipinski definition) is 3. The van der Waals surface area contributed by atoms with Crippen LogP contribution in [0.15, 0.2) is 48.5 Å². The third-order valence-electron chi connectivity index (χ3n) is 4.13. The first kappa shape index (κ1) is 19.9. The summed E-state index contributed by atoms with van der Waals surface area (Å²) in [5, 5.41) is 12.8. The summed E-state index contributed by atoms with van der Waals surface area (Å²) in [7, 11) is 1.77.